The summed E-state index contributed by atoms with van der Waals surface area (Å²) in [7, 11) is -3.77. The number of morpholine rings is 1. The van der Waals surface area contributed by atoms with Gasteiger partial charge < -0.3 is 9.15 Å². The molecule has 1 unspecified atom stereocenters. The van der Waals surface area contributed by atoms with Crippen molar-refractivity contribution in [2.24, 2.45) is 0 Å². The molecule has 3 aromatic rings. The van der Waals surface area contributed by atoms with Gasteiger partial charge >= 0.3 is 0 Å². The molecule has 1 fully saturated rings. The third kappa shape index (κ3) is 2.96. The van der Waals surface area contributed by atoms with Crippen LogP contribution in [0, 0.1) is 6.92 Å². The van der Waals surface area contributed by atoms with Gasteiger partial charge in [-0.2, -0.15) is 4.31 Å². The van der Waals surface area contributed by atoms with Gasteiger partial charge in [0.2, 0.25) is 21.8 Å². The molecule has 4 rings (SSSR count). The zero-order valence-corrected chi connectivity index (χ0v) is 15.4. The van der Waals surface area contributed by atoms with Gasteiger partial charge in [-0.15, -0.1) is 10.2 Å². The smallest absolute Gasteiger partial charge is 0.246 e. The van der Waals surface area contributed by atoms with E-state index in [0.29, 0.717) is 21.8 Å². The zero-order valence-electron chi connectivity index (χ0n) is 13.8. The van der Waals surface area contributed by atoms with Crippen molar-refractivity contribution in [3.63, 3.8) is 0 Å². The molecule has 3 heterocycles. The Morgan fingerprint density at radius 3 is 2.88 bits per heavy atom. The Labute approximate surface area is 154 Å². The number of halogens is 1. The van der Waals surface area contributed by atoms with E-state index in [1.54, 1.807) is 31.3 Å². The monoisotopic (exact) mass is 394 g/mol. The predicted molar refractivity (Wildman–Crippen MR) is 93.2 cm³/mol. The predicted octanol–water partition coefficient (Wildman–Crippen LogP) is 2.34. The molecule has 0 spiro atoms. The molecule has 26 heavy (non-hydrogen) atoms. The summed E-state index contributed by atoms with van der Waals surface area (Å²) in [6, 6.07) is 6.42. The lowest BCUT2D eigenvalue weighted by Crippen LogP contribution is -2.42. The lowest BCUT2D eigenvalue weighted by Gasteiger charge is -2.30. The summed E-state index contributed by atoms with van der Waals surface area (Å²) in [5.41, 5.74) is 0.451. The molecular formula is C16H15ClN4O4S. The molecule has 1 atom stereocenters. The van der Waals surface area contributed by atoms with Gasteiger partial charge in [0.15, 0.2) is 0 Å². The van der Waals surface area contributed by atoms with Crippen molar-refractivity contribution in [1.82, 2.24) is 19.5 Å². The first-order valence-electron chi connectivity index (χ1n) is 7.92. The topological polar surface area (TPSA) is 98.4 Å². The molecule has 1 aromatic carbocycles. The highest BCUT2D eigenvalue weighted by Gasteiger charge is 2.34. The Bertz CT molecular complexity index is 1070. The summed E-state index contributed by atoms with van der Waals surface area (Å²) in [6.45, 7) is 2.22. The number of ether oxygens (including phenoxy) is 1. The number of aryl methyl sites for hydroxylation is 1. The second-order valence-corrected chi connectivity index (χ2v) is 8.14. The van der Waals surface area contributed by atoms with Gasteiger partial charge in [-0.25, -0.2) is 8.42 Å². The molecule has 1 saturated heterocycles. The molecule has 0 N–H and O–H groups in total. The van der Waals surface area contributed by atoms with Crippen LogP contribution in [-0.4, -0.2) is 47.6 Å². The average molecular weight is 395 g/mol. The molecule has 0 saturated carbocycles. The summed E-state index contributed by atoms with van der Waals surface area (Å²) in [4.78, 5) is 4.35. The number of fused-ring (bicyclic) bond motifs is 1. The lowest BCUT2D eigenvalue weighted by atomic mass is 10.2. The van der Waals surface area contributed by atoms with Crippen molar-refractivity contribution in [2.45, 2.75) is 17.9 Å². The number of pyridine rings is 1. The van der Waals surface area contributed by atoms with Crippen LogP contribution >= 0.6 is 11.6 Å². The maximum absolute atomic E-state index is 13.2. The minimum atomic E-state index is -3.77. The molecule has 8 nitrogen and oxygen atoms in total. The molecule has 1 aliphatic heterocycles. The molecule has 0 radical (unpaired) electrons. The van der Waals surface area contributed by atoms with Gasteiger partial charge in [-0.05, 0) is 24.3 Å². The van der Waals surface area contributed by atoms with Gasteiger partial charge in [0.1, 0.15) is 6.10 Å². The molecule has 2 aromatic heterocycles. The van der Waals surface area contributed by atoms with Gasteiger partial charge in [-0.3, -0.25) is 4.98 Å². The molecule has 0 amide bonds. The minimum Gasteiger partial charge on any atom is -0.423 e. The number of benzene rings is 1. The van der Waals surface area contributed by atoms with E-state index in [9.17, 15) is 8.42 Å². The van der Waals surface area contributed by atoms with E-state index in [2.05, 4.69) is 15.2 Å². The van der Waals surface area contributed by atoms with Crippen LogP contribution in [0.25, 0.3) is 10.9 Å². The quantitative estimate of drug-likeness (QED) is 0.672. The van der Waals surface area contributed by atoms with Crippen molar-refractivity contribution in [1.29, 1.82) is 0 Å². The van der Waals surface area contributed by atoms with Crippen molar-refractivity contribution in [2.75, 3.05) is 19.7 Å². The van der Waals surface area contributed by atoms with E-state index in [-0.39, 0.29) is 30.5 Å². The summed E-state index contributed by atoms with van der Waals surface area (Å²) in [6.07, 6.45) is 0.976. The van der Waals surface area contributed by atoms with Crippen LogP contribution in [0.1, 0.15) is 17.9 Å². The van der Waals surface area contributed by atoms with Gasteiger partial charge in [-0.1, -0.05) is 11.6 Å². The normalized spacial score (nSPS) is 19.1. The number of aromatic nitrogens is 3. The fourth-order valence-corrected chi connectivity index (χ4v) is 4.73. The maximum Gasteiger partial charge on any atom is 0.246 e. The number of rotatable bonds is 3. The first-order valence-corrected chi connectivity index (χ1v) is 9.73. The van der Waals surface area contributed by atoms with E-state index >= 15 is 0 Å². The van der Waals surface area contributed by atoms with E-state index in [0.717, 1.165) is 0 Å². The highest BCUT2D eigenvalue weighted by molar-refractivity contribution is 7.89. The Morgan fingerprint density at radius 2 is 2.12 bits per heavy atom. The molecule has 0 bridgehead atoms. The molecule has 10 heteroatoms. The zero-order chi connectivity index (χ0) is 18.3. The molecular weight excluding hydrogens is 380 g/mol. The summed E-state index contributed by atoms with van der Waals surface area (Å²) < 4.78 is 38.8. The van der Waals surface area contributed by atoms with E-state index in [1.165, 1.54) is 10.4 Å². The molecule has 0 aliphatic carbocycles. The molecule has 136 valence electrons. The Kier molecular flexibility index (Phi) is 4.39. The van der Waals surface area contributed by atoms with Crippen LogP contribution in [0.3, 0.4) is 0 Å². The Balaban J connectivity index is 1.72. The lowest BCUT2D eigenvalue weighted by molar-refractivity contribution is -0.0176. The Hall–Kier alpha value is -2.07. The minimum absolute atomic E-state index is 0.0916. The number of hydrogen-bond acceptors (Lipinski definition) is 7. The second kappa shape index (κ2) is 6.58. The van der Waals surface area contributed by atoms with E-state index in [1.807, 2.05) is 0 Å². The number of hydrogen-bond donors (Lipinski definition) is 0. The largest absolute Gasteiger partial charge is 0.423 e. The van der Waals surface area contributed by atoms with Crippen LogP contribution in [0.2, 0.25) is 5.02 Å². The van der Waals surface area contributed by atoms with Crippen molar-refractivity contribution < 1.29 is 17.6 Å². The first kappa shape index (κ1) is 17.3. The van der Waals surface area contributed by atoms with Crippen LogP contribution in [-0.2, 0) is 14.8 Å². The van der Waals surface area contributed by atoms with E-state index < -0.39 is 16.1 Å². The number of nitrogens with zero attached hydrogens (tertiary/aromatic N) is 4. The fraction of sp³-hybridized carbons (Fsp3) is 0.312. The average Bonchev–Trinajstić information content (AvgIpc) is 3.09. The maximum atomic E-state index is 13.2. The second-order valence-electron chi connectivity index (χ2n) is 5.83. The van der Waals surface area contributed by atoms with Crippen LogP contribution in [0.15, 0.2) is 39.8 Å². The highest BCUT2D eigenvalue weighted by Crippen LogP contribution is 2.31. The van der Waals surface area contributed by atoms with Gasteiger partial charge in [0.25, 0.3) is 0 Å². The van der Waals surface area contributed by atoms with Crippen molar-refractivity contribution in [3.8, 4) is 0 Å². The standard InChI is InChI=1S/C16H15ClN4O4S/c1-10-19-20-16(25-10)13-9-21(7-8-24-13)26(22,23)14-5-4-12(17)15-11(14)3-2-6-18-15/h2-6,13H,7-9H2,1H3. The molecule has 1 aliphatic rings. The van der Waals surface area contributed by atoms with Crippen LogP contribution in [0.5, 0.6) is 0 Å². The summed E-state index contributed by atoms with van der Waals surface area (Å²) in [5.74, 6) is 0.670. The fourth-order valence-electron chi connectivity index (χ4n) is 2.91. The summed E-state index contributed by atoms with van der Waals surface area (Å²) in [5, 5.41) is 8.59. The number of sulfonamides is 1. The van der Waals surface area contributed by atoms with Crippen molar-refractivity contribution in [3.05, 3.63) is 47.3 Å². The van der Waals surface area contributed by atoms with Crippen molar-refractivity contribution >= 4 is 32.5 Å². The first-order chi connectivity index (χ1) is 12.5. The Morgan fingerprint density at radius 1 is 1.27 bits per heavy atom. The third-order valence-electron chi connectivity index (χ3n) is 4.14. The van der Waals surface area contributed by atoms with Gasteiger partial charge in [0.05, 0.1) is 22.0 Å². The van der Waals surface area contributed by atoms with Crippen LogP contribution in [0.4, 0.5) is 0 Å². The van der Waals surface area contributed by atoms with Gasteiger partial charge in [0, 0.05) is 31.6 Å². The van der Waals surface area contributed by atoms with Crippen LogP contribution < -0.4 is 0 Å². The third-order valence-corrected chi connectivity index (χ3v) is 6.37. The summed E-state index contributed by atoms with van der Waals surface area (Å²) >= 11 is 6.15. The highest BCUT2D eigenvalue weighted by atomic mass is 35.5. The SMILES string of the molecule is Cc1nnc(C2CN(S(=O)(=O)c3ccc(Cl)c4ncccc34)CCO2)o1. The van der Waals surface area contributed by atoms with E-state index in [4.69, 9.17) is 20.8 Å².